The minimum Gasteiger partial charge on any atom is -0.298 e. The molecule has 10 heteroatoms. The molecular formula is C22H15BrFN3O3S2. The summed E-state index contributed by atoms with van der Waals surface area (Å²) in [5.41, 5.74) is 2.11. The van der Waals surface area contributed by atoms with Crippen LogP contribution in [0.2, 0.25) is 0 Å². The topological polar surface area (TPSA) is 88.2 Å². The zero-order valence-electron chi connectivity index (χ0n) is 16.2. The van der Waals surface area contributed by atoms with Crippen LogP contribution in [0.4, 0.5) is 15.2 Å². The van der Waals surface area contributed by atoms with Crippen molar-refractivity contribution in [3.05, 3.63) is 94.0 Å². The van der Waals surface area contributed by atoms with Gasteiger partial charge in [0.1, 0.15) is 5.82 Å². The zero-order chi connectivity index (χ0) is 22.7. The van der Waals surface area contributed by atoms with Crippen LogP contribution in [-0.2, 0) is 10.0 Å². The molecule has 0 saturated carbocycles. The van der Waals surface area contributed by atoms with Gasteiger partial charge in [-0.2, -0.15) is 0 Å². The molecule has 0 spiro atoms. The molecule has 2 N–H and O–H groups in total. The largest absolute Gasteiger partial charge is 0.298 e. The van der Waals surface area contributed by atoms with E-state index in [0.717, 1.165) is 27.9 Å². The Morgan fingerprint density at radius 2 is 1.72 bits per heavy atom. The standard InChI is InChI=1S/C22H15BrFN3O3S2/c23-16-6-4-14(5-7-16)20-13-31-22(25-20)26-21(28)15-2-1-3-18(12-15)27-32(29,30)19-10-8-17(24)9-11-19/h1-13,27H,(H,25,26,28). The first kappa shape index (κ1) is 22.1. The van der Waals surface area contributed by atoms with E-state index in [9.17, 15) is 17.6 Å². The van der Waals surface area contributed by atoms with E-state index in [4.69, 9.17) is 0 Å². The van der Waals surface area contributed by atoms with Crippen molar-refractivity contribution in [3.63, 3.8) is 0 Å². The summed E-state index contributed by atoms with van der Waals surface area (Å²) in [5.74, 6) is -0.961. The second-order valence-corrected chi connectivity index (χ2v) is 10.1. The van der Waals surface area contributed by atoms with Gasteiger partial charge < -0.3 is 0 Å². The van der Waals surface area contributed by atoms with E-state index in [1.54, 1.807) is 12.1 Å². The van der Waals surface area contributed by atoms with E-state index in [2.05, 4.69) is 31.0 Å². The van der Waals surface area contributed by atoms with Crippen LogP contribution in [0.25, 0.3) is 11.3 Å². The van der Waals surface area contributed by atoms with Gasteiger partial charge in [-0.25, -0.2) is 17.8 Å². The summed E-state index contributed by atoms with van der Waals surface area (Å²) in [5, 5.41) is 4.99. The molecule has 0 atom stereocenters. The van der Waals surface area contributed by atoms with Crippen molar-refractivity contribution in [1.82, 2.24) is 4.98 Å². The molecule has 1 aromatic heterocycles. The lowest BCUT2D eigenvalue weighted by atomic mass is 10.2. The number of rotatable bonds is 6. The van der Waals surface area contributed by atoms with Gasteiger partial charge >= 0.3 is 0 Å². The van der Waals surface area contributed by atoms with Crippen molar-refractivity contribution in [3.8, 4) is 11.3 Å². The van der Waals surface area contributed by atoms with Gasteiger partial charge in [0.05, 0.1) is 10.6 Å². The Morgan fingerprint density at radius 3 is 2.44 bits per heavy atom. The molecule has 0 aliphatic rings. The number of nitrogens with one attached hydrogen (secondary N) is 2. The molecule has 0 unspecified atom stereocenters. The average Bonchev–Trinajstić information content (AvgIpc) is 3.23. The minimum atomic E-state index is -3.92. The first-order chi connectivity index (χ1) is 15.3. The second kappa shape index (κ2) is 9.19. The molecule has 0 aliphatic heterocycles. The number of anilines is 2. The number of sulfonamides is 1. The van der Waals surface area contributed by atoms with Gasteiger partial charge in [0.25, 0.3) is 15.9 Å². The summed E-state index contributed by atoms with van der Waals surface area (Å²) in [4.78, 5) is 17.0. The summed E-state index contributed by atoms with van der Waals surface area (Å²) in [7, 11) is -3.92. The van der Waals surface area contributed by atoms with Crippen molar-refractivity contribution in [2.45, 2.75) is 4.90 Å². The van der Waals surface area contributed by atoms with Gasteiger partial charge in [-0.05, 0) is 54.6 Å². The average molecular weight is 532 g/mol. The molecule has 0 aliphatic carbocycles. The van der Waals surface area contributed by atoms with Crippen LogP contribution in [0.1, 0.15) is 10.4 Å². The number of nitrogens with zero attached hydrogens (tertiary/aromatic N) is 1. The van der Waals surface area contributed by atoms with E-state index in [0.29, 0.717) is 5.13 Å². The van der Waals surface area contributed by atoms with Crippen LogP contribution in [0.15, 0.2) is 87.5 Å². The van der Waals surface area contributed by atoms with E-state index in [1.165, 1.54) is 35.6 Å². The number of hydrogen-bond acceptors (Lipinski definition) is 5. The predicted molar refractivity (Wildman–Crippen MR) is 127 cm³/mol. The molecule has 6 nitrogen and oxygen atoms in total. The number of aromatic nitrogens is 1. The molecule has 0 fully saturated rings. The monoisotopic (exact) mass is 531 g/mol. The first-order valence-electron chi connectivity index (χ1n) is 9.21. The van der Waals surface area contributed by atoms with Crippen molar-refractivity contribution in [1.29, 1.82) is 0 Å². The Morgan fingerprint density at radius 1 is 1.00 bits per heavy atom. The highest BCUT2D eigenvalue weighted by atomic mass is 79.9. The smallest absolute Gasteiger partial charge is 0.261 e. The molecule has 0 saturated heterocycles. The highest BCUT2D eigenvalue weighted by Crippen LogP contribution is 2.26. The van der Waals surface area contributed by atoms with E-state index < -0.39 is 21.7 Å². The van der Waals surface area contributed by atoms with Crippen LogP contribution in [0, 0.1) is 5.82 Å². The lowest BCUT2D eigenvalue weighted by Gasteiger charge is -2.09. The SMILES string of the molecule is O=C(Nc1nc(-c2ccc(Br)cc2)cs1)c1cccc(NS(=O)(=O)c2ccc(F)cc2)c1. The minimum absolute atomic E-state index is 0.0861. The maximum Gasteiger partial charge on any atom is 0.261 e. The maximum absolute atomic E-state index is 13.1. The van der Waals surface area contributed by atoms with Crippen LogP contribution in [-0.4, -0.2) is 19.3 Å². The highest BCUT2D eigenvalue weighted by Gasteiger charge is 2.16. The van der Waals surface area contributed by atoms with Crippen molar-refractivity contribution in [2.24, 2.45) is 0 Å². The highest BCUT2D eigenvalue weighted by molar-refractivity contribution is 9.10. The van der Waals surface area contributed by atoms with Gasteiger partial charge in [-0.15, -0.1) is 11.3 Å². The van der Waals surface area contributed by atoms with E-state index in [1.807, 2.05) is 29.6 Å². The fraction of sp³-hybridized carbons (Fsp3) is 0. The number of carbonyl (C=O) groups is 1. The fourth-order valence-electron chi connectivity index (χ4n) is 2.81. The lowest BCUT2D eigenvalue weighted by molar-refractivity contribution is 0.102. The molecule has 0 bridgehead atoms. The third-order valence-electron chi connectivity index (χ3n) is 4.37. The third kappa shape index (κ3) is 5.21. The molecule has 0 radical (unpaired) electrons. The maximum atomic E-state index is 13.1. The number of carbonyl (C=O) groups excluding carboxylic acids is 1. The Kier molecular flexibility index (Phi) is 6.35. The lowest BCUT2D eigenvalue weighted by Crippen LogP contribution is -2.15. The summed E-state index contributed by atoms with van der Waals surface area (Å²) < 4.78 is 41.4. The fourth-order valence-corrected chi connectivity index (χ4v) is 4.83. The molecule has 1 heterocycles. The summed E-state index contributed by atoms with van der Waals surface area (Å²) >= 11 is 4.68. The Labute approximate surface area is 196 Å². The summed E-state index contributed by atoms with van der Waals surface area (Å²) in [6.07, 6.45) is 0. The summed E-state index contributed by atoms with van der Waals surface area (Å²) in [6.45, 7) is 0. The Hall–Kier alpha value is -3.08. The molecule has 4 aromatic rings. The third-order valence-corrected chi connectivity index (χ3v) is 7.05. The van der Waals surface area contributed by atoms with Crippen LogP contribution in [0.3, 0.4) is 0 Å². The van der Waals surface area contributed by atoms with Crippen molar-refractivity contribution in [2.75, 3.05) is 10.0 Å². The number of amides is 1. The van der Waals surface area contributed by atoms with Crippen LogP contribution >= 0.6 is 27.3 Å². The number of halogens is 2. The van der Waals surface area contributed by atoms with Gasteiger partial charge in [-0.3, -0.25) is 14.8 Å². The van der Waals surface area contributed by atoms with Gasteiger partial charge in [0, 0.05) is 26.7 Å². The molecular weight excluding hydrogens is 517 g/mol. The van der Waals surface area contributed by atoms with Gasteiger partial charge in [0.2, 0.25) is 0 Å². The molecule has 3 aromatic carbocycles. The summed E-state index contributed by atoms with van der Waals surface area (Å²) in [6, 6.07) is 18.2. The second-order valence-electron chi connectivity index (χ2n) is 6.64. The zero-order valence-corrected chi connectivity index (χ0v) is 19.5. The van der Waals surface area contributed by atoms with E-state index in [-0.39, 0.29) is 16.1 Å². The molecule has 1 amide bonds. The molecule has 162 valence electrons. The Balaban J connectivity index is 1.48. The van der Waals surface area contributed by atoms with Crippen LogP contribution < -0.4 is 10.0 Å². The quantitative estimate of drug-likeness (QED) is 0.330. The molecule has 32 heavy (non-hydrogen) atoms. The number of benzene rings is 3. The number of thiazole rings is 1. The normalized spacial score (nSPS) is 11.2. The van der Waals surface area contributed by atoms with Gasteiger partial charge in [0.15, 0.2) is 5.13 Å². The van der Waals surface area contributed by atoms with Crippen molar-refractivity contribution < 1.29 is 17.6 Å². The number of hydrogen-bond donors (Lipinski definition) is 2. The van der Waals surface area contributed by atoms with Crippen molar-refractivity contribution >= 4 is 54.0 Å². The molecule has 4 rings (SSSR count). The first-order valence-corrected chi connectivity index (χ1v) is 12.4. The van der Waals surface area contributed by atoms with Gasteiger partial charge in [-0.1, -0.05) is 34.1 Å². The predicted octanol–water partition coefficient (Wildman–Crippen LogP) is 5.76. The van der Waals surface area contributed by atoms with E-state index >= 15 is 0 Å². The van der Waals surface area contributed by atoms with Crippen LogP contribution in [0.5, 0.6) is 0 Å². The Bertz CT molecular complexity index is 1370.